The molecule has 15 heavy (non-hydrogen) atoms. The molecule has 1 nitrogen and oxygen atoms in total. The summed E-state index contributed by atoms with van der Waals surface area (Å²) in [6.45, 7) is 0. The van der Waals surface area contributed by atoms with E-state index in [0.29, 0.717) is 0 Å². The first kappa shape index (κ1) is 8.62. The number of hydrogen-bond acceptors (Lipinski definition) is 2. The van der Waals surface area contributed by atoms with Crippen molar-refractivity contribution in [2.45, 2.75) is 0 Å². The fourth-order valence-electron chi connectivity index (χ4n) is 1.77. The van der Waals surface area contributed by atoms with Gasteiger partial charge in [0.25, 0.3) is 0 Å². The Bertz CT molecular complexity index is 584. The molecule has 1 aromatic carbocycles. The molecule has 0 unspecified atom stereocenters. The second kappa shape index (κ2) is 3.48. The number of fused-ring (bicyclic) bond motifs is 1. The fourth-order valence-corrected chi connectivity index (χ4v) is 2.58. The standard InChI is InChI=1S/C13H9NS/c1-4-11(10-3-2-7-14-9-10)12-6-8-15-13(12)5-1/h1-9H. The summed E-state index contributed by atoms with van der Waals surface area (Å²) >= 11 is 1.78. The van der Waals surface area contributed by atoms with Gasteiger partial charge in [0.15, 0.2) is 0 Å². The van der Waals surface area contributed by atoms with Gasteiger partial charge in [-0.05, 0) is 29.1 Å². The van der Waals surface area contributed by atoms with Crippen molar-refractivity contribution in [2.75, 3.05) is 0 Å². The van der Waals surface area contributed by atoms with Crippen molar-refractivity contribution in [3.63, 3.8) is 0 Å². The van der Waals surface area contributed by atoms with E-state index in [0.717, 1.165) is 0 Å². The molecule has 0 aliphatic heterocycles. The van der Waals surface area contributed by atoms with Crippen molar-refractivity contribution < 1.29 is 0 Å². The lowest BCUT2D eigenvalue weighted by molar-refractivity contribution is 1.33. The maximum absolute atomic E-state index is 4.16. The average Bonchev–Trinajstić information content (AvgIpc) is 2.78. The van der Waals surface area contributed by atoms with Gasteiger partial charge in [-0.1, -0.05) is 18.2 Å². The smallest absolute Gasteiger partial charge is 0.0348 e. The molecule has 0 spiro atoms. The molecule has 72 valence electrons. The van der Waals surface area contributed by atoms with E-state index in [1.807, 2.05) is 12.3 Å². The van der Waals surface area contributed by atoms with Crippen LogP contribution >= 0.6 is 11.3 Å². The van der Waals surface area contributed by atoms with Gasteiger partial charge in [-0.3, -0.25) is 4.98 Å². The van der Waals surface area contributed by atoms with Crippen LogP contribution in [0, 0.1) is 0 Å². The topological polar surface area (TPSA) is 12.9 Å². The molecule has 0 aliphatic rings. The predicted molar refractivity (Wildman–Crippen MR) is 65.1 cm³/mol. The van der Waals surface area contributed by atoms with Gasteiger partial charge in [0, 0.05) is 28.0 Å². The van der Waals surface area contributed by atoms with Crippen LogP contribution in [0.2, 0.25) is 0 Å². The van der Waals surface area contributed by atoms with E-state index in [1.165, 1.54) is 21.2 Å². The Hall–Kier alpha value is -1.67. The van der Waals surface area contributed by atoms with Crippen LogP contribution in [0.15, 0.2) is 54.2 Å². The highest BCUT2D eigenvalue weighted by Gasteiger charge is 2.03. The van der Waals surface area contributed by atoms with Crippen molar-refractivity contribution in [2.24, 2.45) is 0 Å². The average molecular weight is 211 g/mol. The van der Waals surface area contributed by atoms with Gasteiger partial charge in [0.2, 0.25) is 0 Å². The Labute approximate surface area is 92.0 Å². The molecule has 0 saturated heterocycles. The summed E-state index contributed by atoms with van der Waals surface area (Å²) in [7, 11) is 0. The largest absolute Gasteiger partial charge is 0.264 e. The maximum Gasteiger partial charge on any atom is 0.0348 e. The summed E-state index contributed by atoms with van der Waals surface area (Å²) in [6.07, 6.45) is 3.71. The molecule has 2 aromatic heterocycles. The highest BCUT2D eigenvalue weighted by atomic mass is 32.1. The van der Waals surface area contributed by atoms with Crippen LogP contribution in [0.4, 0.5) is 0 Å². The number of nitrogens with zero attached hydrogens (tertiary/aromatic N) is 1. The molecule has 0 amide bonds. The lowest BCUT2D eigenvalue weighted by Gasteiger charge is -2.02. The van der Waals surface area contributed by atoms with Crippen LogP contribution in [-0.4, -0.2) is 4.98 Å². The number of thiophene rings is 1. The Kier molecular flexibility index (Phi) is 2.00. The summed E-state index contributed by atoms with van der Waals surface area (Å²) in [5, 5.41) is 3.44. The highest BCUT2D eigenvalue weighted by Crippen LogP contribution is 2.30. The quantitative estimate of drug-likeness (QED) is 0.593. The molecule has 0 N–H and O–H groups in total. The molecule has 0 aliphatic carbocycles. The molecule has 3 aromatic rings. The lowest BCUT2D eigenvalue weighted by Crippen LogP contribution is -1.79. The number of aromatic nitrogens is 1. The molecule has 0 bridgehead atoms. The van der Waals surface area contributed by atoms with Crippen LogP contribution in [-0.2, 0) is 0 Å². The molecular formula is C13H9NS. The summed E-state index contributed by atoms with van der Waals surface area (Å²) in [5.41, 5.74) is 2.45. The molecule has 3 rings (SSSR count). The zero-order valence-corrected chi connectivity index (χ0v) is 8.87. The van der Waals surface area contributed by atoms with E-state index in [4.69, 9.17) is 0 Å². The van der Waals surface area contributed by atoms with Crippen molar-refractivity contribution >= 4 is 21.4 Å². The predicted octanol–water partition coefficient (Wildman–Crippen LogP) is 3.96. The zero-order valence-electron chi connectivity index (χ0n) is 8.05. The second-order valence-electron chi connectivity index (χ2n) is 3.38. The highest BCUT2D eigenvalue weighted by molar-refractivity contribution is 7.17. The Morgan fingerprint density at radius 2 is 2.00 bits per heavy atom. The molecule has 0 atom stereocenters. The maximum atomic E-state index is 4.16. The van der Waals surface area contributed by atoms with Crippen LogP contribution in [0.25, 0.3) is 21.2 Å². The van der Waals surface area contributed by atoms with Gasteiger partial charge in [-0.2, -0.15) is 0 Å². The Balaban J connectivity index is 2.31. The van der Waals surface area contributed by atoms with Gasteiger partial charge >= 0.3 is 0 Å². The summed E-state index contributed by atoms with van der Waals surface area (Å²) < 4.78 is 1.33. The summed E-state index contributed by atoms with van der Waals surface area (Å²) in [4.78, 5) is 4.16. The minimum Gasteiger partial charge on any atom is -0.264 e. The first-order valence-electron chi connectivity index (χ1n) is 4.82. The van der Waals surface area contributed by atoms with Gasteiger partial charge in [0.05, 0.1) is 0 Å². The first-order valence-corrected chi connectivity index (χ1v) is 5.70. The Morgan fingerprint density at radius 3 is 2.87 bits per heavy atom. The van der Waals surface area contributed by atoms with E-state index in [-0.39, 0.29) is 0 Å². The van der Waals surface area contributed by atoms with E-state index >= 15 is 0 Å². The van der Waals surface area contributed by atoms with Crippen molar-refractivity contribution in [1.82, 2.24) is 4.98 Å². The molecule has 2 heterocycles. The van der Waals surface area contributed by atoms with Gasteiger partial charge in [-0.15, -0.1) is 11.3 Å². The van der Waals surface area contributed by atoms with Crippen LogP contribution < -0.4 is 0 Å². The monoisotopic (exact) mass is 211 g/mol. The van der Waals surface area contributed by atoms with Crippen molar-refractivity contribution in [3.8, 4) is 11.1 Å². The number of rotatable bonds is 1. The number of hydrogen-bond donors (Lipinski definition) is 0. The third-order valence-corrected chi connectivity index (χ3v) is 3.35. The van der Waals surface area contributed by atoms with Crippen LogP contribution in [0.5, 0.6) is 0 Å². The van der Waals surface area contributed by atoms with Gasteiger partial charge in [-0.25, -0.2) is 0 Å². The Morgan fingerprint density at radius 1 is 1.00 bits per heavy atom. The summed E-state index contributed by atoms with van der Waals surface area (Å²) in [6, 6.07) is 12.6. The van der Waals surface area contributed by atoms with Crippen LogP contribution in [0.3, 0.4) is 0 Å². The lowest BCUT2D eigenvalue weighted by atomic mass is 10.0. The van der Waals surface area contributed by atoms with E-state index < -0.39 is 0 Å². The fraction of sp³-hybridized carbons (Fsp3) is 0. The van der Waals surface area contributed by atoms with Gasteiger partial charge in [0.1, 0.15) is 0 Å². The van der Waals surface area contributed by atoms with Crippen molar-refractivity contribution in [1.29, 1.82) is 0 Å². The van der Waals surface area contributed by atoms with E-state index in [9.17, 15) is 0 Å². The van der Waals surface area contributed by atoms with E-state index in [2.05, 4.69) is 40.7 Å². The third-order valence-electron chi connectivity index (χ3n) is 2.47. The molecule has 0 saturated carbocycles. The summed E-state index contributed by atoms with van der Waals surface area (Å²) in [5.74, 6) is 0. The molecule has 2 heteroatoms. The normalized spacial score (nSPS) is 10.7. The zero-order chi connectivity index (χ0) is 10.1. The number of pyridine rings is 1. The van der Waals surface area contributed by atoms with Crippen molar-refractivity contribution in [3.05, 3.63) is 54.2 Å². The number of benzene rings is 1. The minimum atomic E-state index is 1.18. The van der Waals surface area contributed by atoms with E-state index in [1.54, 1.807) is 17.5 Å². The molecular weight excluding hydrogens is 202 g/mol. The van der Waals surface area contributed by atoms with Crippen LogP contribution in [0.1, 0.15) is 0 Å². The molecule has 0 radical (unpaired) electrons. The molecule has 0 fully saturated rings. The first-order chi connectivity index (χ1) is 7.45. The SMILES string of the molecule is c1cncc(-c2cccc3sccc23)c1. The third kappa shape index (κ3) is 1.43. The minimum absolute atomic E-state index is 1.18. The second-order valence-corrected chi connectivity index (χ2v) is 4.33. The van der Waals surface area contributed by atoms with Gasteiger partial charge < -0.3 is 0 Å².